The quantitative estimate of drug-likeness (QED) is 0.874. The van der Waals surface area contributed by atoms with E-state index in [1.54, 1.807) is 30.4 Å². The van der Waals surface area contributed by atoms with Crippen molar-refractivity contribution in [3.05, 3.63) is 52.7 Å². The Kier molecular flexibility index (Phi) is 3.81. The molecule has 1 unspecified atom stereocenters. The van der Waals surface area contributed by atoms with E-state index in [9.17, 15) is 4.79 Å². The van der Waals surface area contributed by atoms with Crippen LogP contribution in [0.15, 0.2) is 45.9 Å². The Bertz CT molecular complexity index is 539. The van der Waals surface area contributed by atoms with E-state index >= 15 is 0 Å². The van der Waals surface area contributed by atoms with Gasteiger partial charge in [-0.05, 0) is 46.6 Å². The van der Waals surface area contributed by atoms with Crippen molar-refractivity contribution < 1.29 is 9.21 Å². The number of pyridine rings is 1. The van der Waals surface area contributed by atoms with Crippen LogP contribution in [0.25, 0.3) is 0 Å². The molecule has 18 heavy (non-hydrogen) atoms. The zero-order chi connectivity index (χ0) is 13.1. The van der Waals surface area contributed by atoms with Crippen molar-refractivity contribution in [2.75, 3.05) is 7.05 Å². The summed E-state index contributed by atoms with van der Waals surface area (Å²) in [5, 5.41) is 0. The Labute approximate surface area is 114 Å². The van der Waals surface area contributed by atoms with Gasteiger partial charge >= 0.3 is 0 Å². The average Bonchev–Trinajstić information content (AvgIpc) is 2.83. The minimum atomic E-state index is -0.0834. The van der Waals surface area contributed by atoms with Gasteiger partial charge in [0, 0.05) is 19.4 Å². The van der Waals surface area contributed by atoms with Crippen molar-refractivity contribution in [3.63, 3.8) is 0 Å². The van der Waals surface area contributed by atoms with Crippen molar-refractivity contribution in [2.24, 2.45) is 0 Å². The molecule has 0 fully saturated rings. The number of nitrogens with zero attached hydrogens (tertiary/aromatic N) is 2. The summed E-state index contributed by atoms with van der Waals surface area (Å²) in [6.45, 7) is 1.97. The summed E-state index contributed by atoms with van der Waals surface area (Å²) in [5.74, 6) is -0.0834. The first-order valence-electron chi connectivity index (χ1n) is 5.51. The topological polar surface area (TPSA) is 46.3 Å². The molecule has 5 heteroatoms. The van der Waals surface area contributed by atoms with Gasteiger partial charge in [0.2, 0.25) is 0 Å². The number of halogens is 1. The zero-order valence-electron chi connectivity index (χ0n) is 10.1. The minimum Gasteiger partial charge on any atom is -0.457 e. The largest absolute Gasteiger partial charge is 0.457 e. The molecule has 0 bridgehead atoms. The second kappa shape index (κ2) is 5.35. The normalized spacial score (nSPS) is 12.2. The highest BCUT2D eigenvalue weighted by Crippen LogP contribution is 2.24. The van der Waals surface area contributed by atoms with Crippen LogP contribution >= 0.6 is 15.9 Å². The van der Waals surface area contributed by atoms with Crippen molar-refractivity contribution in [2.45, 2.75) is 13.0 Å². The molecule has 0 aromatic carbocycles. The second-order valence-electron chi connectivity index (χ2n) is 3.98. The molecule has 0 radical (unpaired) electrons. The molecule has 0 aliphatic heterocycles. The van der Waals surface area contributed by atoms with Crippen molar-refractivity contribution in [3.8, 4) is 0 Å². The summed E-state index contributed by atoms with van der Waals surface area (Å²) in [7, 11) is 1.77. The molecule has 2 aromatic heterocycles. The molecule has 2 aromatic rings. The number of aromatic nitrogens is 1. The third kappa shape index (κ3) is 2.46. The van der Waals surface area contributed by atoms with Gasteiger partial charge in [-0.2, -0.15) is 0 Å². The molecule has 0 saturated heterocycles. The van der Waals surface area contributed by atoms with Gasteiger partial charge < -0.3 is 9.32 Å². The molecule has 0 spiro atoms. The standard InChI is InChI=1S/C13H13BrN2O2/c1-9(10-3-6-15-7-4-10)16(2)13(17)11-5-8-18-12(11)14/h3-9H,1-2H3. The van der Waals surface area contributed by atoms with Crippen molar-refractivity contribution in [1.82, 2.24) is 9.88 Å². The molecule has 4 nitrogen and oxygen atoms in total. The smallest absolute Gasteiger partial charge is 0.258 e. The molecular weight excluding hydrogens is 296 g/mol. The lowest BCUT2D eigenvalue weighted by molar-refractivity contribution is 0.0740. The molecule has 0 N–H and O–H groups in total. The van der Waals surface area contributed by atoms with Crippen molar-refractivity contribution >= 4 is 21.8 Å². The highest BCUT2D eigenvalue weighted by atomic mass is 79.9. The summed E-state index contributed by atoms with van der Waals surface area (Å²) >= 11 is 3.22. The number of carbonyl (C=O) groups is 1. The molecule has 1 atom stereocenters. The first kappa shape index (κ1) is 12.8. The third-order valence-corrected chi connectivity index (χ3v) is 3.55. The number of carbonyl (C=O) groups excluding carboxylic acids is 1. The molecule has 94 valence electrons. The average molecular weight is 309 g/mol. The highest BCUT2D eigenvalue weighted by Gasteiger charge is 2.21. The van der Waals surface area contributed by atoms with Crippen LogP contribution in [0, 0.1) is 0 Å². The first-order valence-corrected chi connectivity index (χ1v) is 6.30. The van der Waals surface area contributed by atoms with Crippen LogP contribution in [0.2, 0.25) is 0 Å². The highest BCUT2D eigenvalue weighted by molar-refractivity contribution is 9.10. The van der Waals surface area contributed by atoms with Gasteiger partial charge in [-0.1, -0.05) is 0 Å². The van der Waals surface area contributed by atoms with Gasteiger partial charge in [0.05, 0.1) is 17.9 Å². The number of rotatable bonds is 3. The van der Waals surface area contributed by atoms with Crippen LogP contribution in [0.4, 0.5) is 0 Å². The van der Waals surface area contributed by atoms with Gasteiger partial charge in [-0.3, -0.25) is 9.78 Å². The van der Waals surface area contributed by atoms with E-state index in [0.29, 0.717) is 10.2 Å². The maximum absolute atomic E-state index is 12.3. The predicted octanol–water partition coefficient (Wildman–Crippen LogP) is 3.27. The summed E-state index contributed by atoms with van der Waals surface area (Å²) in [5.41, 5.74) is 1.57. The molecular formula is C13H13BrN2O2. The predicted molar refractivity (Wildman–Crippen MR) is 71.2 cm³/mol. The third-order valence-electron chi connectivity index (χ3n) is 2.94. The lowest BCUT2D eigenvalue weighted by atomic mass is 10.1. The lowest BCUT2D eigenvalue weighted by Gasteiger charge is -2.24. The fourth-order valence-corrected chi connectivity index (χ4v) is 2.09. The number of hydrogen-bond acceptors (Lipinski definition) is 3. The van der Waals surface area contributed by atoms with Crippen molar-refractivity contribution in [1.29, 1.82) is 0 Å². The van der Waals surface area contributed by atoms with E-state index in [0.717, 1.165) is 5.56 Å². The van der Waals surface area contributed by atoms with E-state index < -0.39 is 0 Å². The summed E-state index contributed by atoms with van der Waals surface area (Å²) in [4.78, 5) is 17.9. The number of hydrogen-bond donors (Lipinski definition) is 0. The Morgan fingerprint density at radius 1 is 1.39 bits per heavy atom. The monoisotopic (exact) mass is 308 g/mol. The van der Waals surface area contributed by atoms with Gasteiger partial charge in [0.25, 0.3) is 5.91 Å². The molecule has 0 aliphatic rings. The Balaban J connectivity index is 2.20. The van der Waals surface area contributed by atoms with E-state index in [1.165, 1.54) is 6.26 Å². The first-order chi connectivity index (χ1) is 8.61. The van der Waals surface area contributed by atoms with Gasteiger partial charge in [-0.25, -0.2) is 0 Å². The fraction of sp³-hybridized carbons (Fsp3) is 0.231. The van der Waals surface area contributed by atoms with E-state index in [1.807, 2.05) is 19.1 Å². The molecule has 0 saturated carbocycles. The molecule has 2 heterocycles. The minimum absolute atomic E-state index is 0.0256. The Hall–Kier alpha value is -1.62. The SMILES string of the molecule is CC(c1ccncc1)N(C)C(=O)c1ccoc1Br. The Morgan fingerprint density at radius 3 is 2.61 bits per heavy atom. The van der Waals surface area contributed by atoms with Crippen LogP contribution in [-0.4, -0.2) is 22.8 Å². The van der Waals surface area contributed by atoms with Crippen LogP contribution in [0.1, 0.15) is 28.9 Å². The van der Waals surface area contributed by atoms with Crippen LogP contribution in [0.3, 0.4) is 0 Å². The number of amides is 1. The van der Waals surface area contributed by atoms with Crippen LogP contribution in [0.5, 0.6) is 0 Å². The molecule has 2 rings (SSSR count). The lowest BCUT2D eigenvalue weighted by Crippen LogP contribution is -2.29. The van der Waals surface area contributed by atoms with Crippen LogP contribution < -0.4 is 0 Å². The second-order valence-corrected chi connectivity index (χ2v) is 4.70. The fourth-order valence-electron chi connectivity index (χ4n) is 1.68. The summed E-state index contributed by atoms with van der Waals surface area (Å²) in [6, 6.07) is 5.43. The summed E-state index contributed by atoms with van der Waals surface area (Å²) in [6.07, 6.45) is 4.93. The maximum atomic E-state index is 12.3. The van der Waals surface area contributed by atoms with Gasteiger partial charge in [0.15, 0.2) is 4.67 Å². The molecule has 0 aliphatic carbocycles. The van der Waals surface area contributed by atoms with E-state index in [-0.39, 0.29) is 11.9 Å². The van der Waals surface area contributed by atoms with Gasteiger partial charge in [0.1, 0.15) is 0 Å². The Morgan fingerprint density at radius 2 is 2.06 bits per heavy atom. The van der Waals surface area contributed by atoms with E-state index in [4.69, 9.17) is 4.42 Å². The molecule has 1 amide bonds. The summed E-state index contributed by atoms with van der Waals surface area (Å²) < 4.78 is 5.54. The maximum Gasteiger partial charge on any atom is 0.258 e. The van der Waals surface area contributed by atoms with E-state index in [2.05, 4.69) is 20.9 Å². The van der Waals surface area contributed by atoms with Gasteiger partial charge in [-0.15, -0.1) is 0 Å². The number of furan rings is 1. The van der Waals surface area contributed by atoms with Crippen LogP contribution in [-0.2, 0) is 0 Å². The zero-order valence-corrected chi connectivity index (χ0v) is 11.7.